The summed E-state index contributed by atoms with van der Waals surface area (Å²) in [5, 5.41) is 0. The Labute approximate surface area is 138 Å². The highest BCUT2D eigenvalue weighted by Gasteiger charge is 2.24. The lowest BCUT2D eigenvalue weighted by molar-refractivity contribution is -0.130. The van der Waals surface area contributed by atoms with E-state index in [1.165, 1.54) is 30.4 Å². The fraction of sp³-hybridized carbons (Fsp3) is 0.600. The van der Waals surface area contributed by atoms with Gasteiger partial charge in [-0.1, -0.05) is 13.8 Å². The van der Waals surface area contributed by atoms with Gasteiger partial charge in [-0.05, 0) is 24.5 Å². The number of amides is 1. The Balaban J connectivity index is 2.62. The first-order chi connectivity index (χ1) is 10.7. The first kappa shape index (κ1) is 19.5. The van der Waals surface area contributed by atoms with E-state index < -0.39 is 10.0 Å². The van der Waals surface area contributed by atoms with Crippen LogP contribution in [0.15, 0.2) is 29.4 Å². The summed E-state index contributed by atoms with van der Waals surface area (Å²) in [6.07, 6.45) is 3.44. The molecule has 0 saturated heterocycles. The molecule has 0 radical (unpaired) electrons. The normalized spacial score (nSPS) is 13.3. The maximum atomic E-state index is 12.3. The predicted octanol–water partition coefficient (Wildman–Crippen LogP) is 0.534. The predicted molar refractivity (Wildman–Crippen MR) is 89.1 cm³/mol. The van der Waals surface area contributed by atoms with Crippen LogP contribution in [-0.2, 0) is 14.8 Å². The van der Waals surface area contributed by atoms with Gasteiger partial charge in [-0.2, -0.15) is 4.31 Å². The van der Waals surface area contributed by atoms with Crippen LogP contribution in [-0.4, -0.2) is 61.7 Å². The second kappa shape index (κ2) is 8.37. The van der Waals surface area contributed by atoms with Crippen molar-refractivity contribution < 1.29 is 13.2 Å². The number of likely N-dealkylation sites (N-methyl/N-ethyl adjacent to an activating group) is 2. The van der Waals surface area contributed by atoms with Crippen molar-refractivity contribution in [2.24, 2.45) is 11.7 Å². The molecule has 8 heteroatoms. The number of carbonyl (C=O) groups excluding carboxylic acids is 1. The summed E-state index contributed by atoms with van der Waals surface area (Å²) in [5.74, 6) is 0.0723. The van der Waals surface area contributed by atoms with Crippen molar-refractivity contribution in [2.75, 3.05) is 27.2 Å². The van der Waals surface area contributed by atoms with Crippen LogP contribution in [0, 0.1) is 5.92 Å². The fourth-order valence-electron chi connectivity index (χ4n) is 1.88. The Hall–Kier alpha value is -1.51. The molecule has 0 aromatic carbocycles. The van der Waals surface area contributed by atoms with E-state index in [2.05, 4.69) is 4.98 Å². The molecule has 23 heavy (non-hydrogen) atoms. The van der Waals surface area contributed by atoms with Gasteiger partial charge < -0.3 is 10.6 Å². The molecular formula is C15H26N4O3S. The summed E-state index contributed by atoms with van der Waals surface area (Å²) >= 11 is 0. The van der Waals surface area contributed by atoms with Crippen molar-refractivity contribution in [3.63, 3.8) is 0 Å². The largest absolute Gasteiger partial charge is 0.345 e. The summed E-state index contributed by atoms with van der Waals surface area (Å²) < 4.78 is 25.7. The number of sulfonamides is 1. The Morgan fingerprint density at radius 1 is 1.35 bits per heavy atom. The molecule has 0 bridgehead atoms. The second-order valence-corrected chi connectivity index (χ2v) is 8.01. The van der Waals surface area contributed by atoms with E-state index in [4.69, 9.17) is 5.73 Å². The SMILES string of the molecule is CC(C)C(N)CCN(C)C(=O)CN(C)S(=O)(=O)c1cccnc1. The van der Waals surface area contributed by atoms with Gasteiger partial charge in [0, 0.05) is 39.1 Å². The fourth-order valence-corrected chi connectivity index (χ4v) is 2.96. The number of rotatable bonds is 8. The molecule has 2 N–H and O–H groups in total. The molecule has 0 spiro atoms. The molecule has 0 aliphatic carbocycles. The summed E-state index contributed by atoms with van der Waals surface area (Å²) in [6.45, 7) is 4.34. The van der Waals surface area contributed by atoms with E-state index in [0.29, 0.717) is 18.9 Å². The van der Waals surface area contributed by atoms with Gasteiger partial charge in [-0.25, -0.2) is 8.42 Å². The maximum Gasteiger partial charge on any atom is 0.244 e. The molecule has 0 fully saturated rings. The van der Waals surface area contributed by atoms with Gasteiger partial charge >= 0.3 is 0 Å². The molecule has 130 valence electrons. The molecule has 1 unspecified atom stereocenters. The van der Waals surface area contributed by atoms with Crippen molar-refractivity contribution >= 4 is 15.9 Å². The Bertz CT molecular complexity index is 604. The number of pyridine rings is 1. The monoisotopic (exact) mass is 342 g/mol. The van der Waals surface area contributed by atoms with Crippen LogP contribution in [0.25, 0.3) is 0 Å². The Morgan fingerprint density at radius 3 is 2.52 bits per heavy atom. The number of hydrogen-bond acceptors (Lipinski definition) is 5. The lowest BCUT2D eigenvalue weighted by Crippen LogP contribution is -2.41. The summed E-state index contributed by atoms with van der Waals surface area (Å²) in [7, 11) is -0.678. The molecule has 0 saturated carbocycles. The zero-order valence-corrected chi connectivity index (χ0v) is 15.0. The van der Waals surface area contributed by atoms with E-state index in [9.17, 15) is 13.2 Å². The third-order valence-corrected chi connectivity index (χ3v) is 5.57. The van der Waals surface area contributed by atoms with Crippen LogP contribution in [0.1, 0.15) is 20.3 Å². The smallest absolute Gasteiger partial charge is 0.244 e. The summed E-state index contributed by atoms with van der Waals surface area (Å²) in [6, 6.07) is 3.01. The van der Waals surface area contributed by atoms with E-state index in [-0.39, 0.29) is 23.4 Å². The van der Waals surface area contributed by atoms with Gasteiger partial charge in [0.25, 0.3) is 0 Å². The molecule has 1 heterocycles. The number of hydrogen-bond donors (Lipinski definition) is 1. The zero-order chi connectivity index (χ0) is 17.6. The third kappa shape index (κ3) is 5.56. The number of aromatic nitrogens is 1. The van der Waals surface area contributed by atoms with E-state index in [0.717, 1.165) is 4.31 Å². The average molecular weight is 342 g/mol. The highest BCUT2D eigenvalue weighted by molar-refractivity contribution is 7.89. The minimum Gasteiger partial charge on any atom is -0.345 e. The van der Waals surface area contributed by atoms with Crippen LogP contribution in [0.2, 0.25) is 0 Å². The second-order valence-electron chi connectivity index (χ2n) is 5.96. The Kier molecular flexibility index (Phi) is 7.11. The quantitative estimate of drug-likeness (QED) is 0.743. The van der Waals surface area contributed by atoms with Crippen LogP contribution >= 0.6 is 0 Å². The van der Waals surface area contributed by atoms with Gasteiger partial charge in [-0.15, -0.1) is 0 Å². The summed E-state index contributed by atoms with van der Waals surface area (Å²) in [5.41, 5.74) is 5.96. The van der Waals surface area contributed by atoms with Crippen LogP contribution in [0.5, 0.6) is 0 Å². The van der Waals surface area contributed by atoms with E-state index in [1.54, 1.807) is 13.1 Å². The lowest BCUT2D eigenvalue weighted by Gasteiger charge is -2.24. The van der Waals surface area contributed by atoms with Gasteiger partial charge in [0.15, 0.2) is 0 Å². The molecule has 0 aliphatic rings. The molecule has 0 aliphatic heterocycles. The molecule has 1 aromatic rings. The summed E-state index contributed by atoms with van der Waals surface area (Å²) in [4.78, 5) is 17.6. The van der Waals surface area contributed by atoms with Crippen LogP contribution < -0.4 is 5.73 Å². The van der Waals surface area contributed by atoms with Gasteiger partial charge in [-0.3, -0.25) is 9.78 Å². The molecule has 7 nitrogen and oxygen atoms in total. The Morgan fingerprint density at radius 2 is 2.00 bits per heavy atom. The minimum atomic E-state index is -3.71. The highest BCUT2D eigenvalue weighted by atomic mass is 32.2. The highest BCUT2D eigenvalue weighted by Crippen LogP contribution is 2.12. The molecular weight excluding hydrogens is 316 g/mol. The number of nitrogens with two attached hydrogens (primary N) is 1. The number of nitrogens with zero attached hydrogens (tertiary/aromatic N) is 3. The zero-order valence-electron chi connectivity index (χ0n) is 14.1. The first-order valence-corrected chi connectivity index (χ1v) is 8.96. The van der Waals surface area contributed by atoms with Crippen molar-refractivity contribution in [3.05, 3.63) is 24.5 Å². The first-order valence-electron chi connectivity index (χ1n) is 7.52. The maximum absolute atomic E-state index is 12.3. The molecule has 1 atom stereocenters. The molecule has 1 amide bonds. The van der Waals surface area contributed by atoms with Gasteiger partial charge in [0.05, 0.1) is 6.54 Å². The van der Waals surface area contributed by atoms with Crippen LogP contribution in [0.3, 0.4) is 0 Å². The number of carbonyl (C=O) groups is 1. The molecule has 1 aromatic heterocycles. The minimum absolute atomic E-state index is 0.0158. The van der Waals surface area contributed by atoms with E-state index >= 15 is 0 Å². The average Bonchev–Trinajstić information content (AvgIpc) is 2.52. The van der Waals surface area contributed by atoms with Crippen molar-refractivity contribution in [2.45, 2.75) is 31.2 Å². The van der Waals surface area contributed by atoms with Crippen molar-refractivity contribution in [1.82, 2.24) is 14.2 Å². The molecule has 1 rings (SSSR count). The lowest BCUT2D eigenvalue weighted by atomic mass is 10.0. The topological polar surface area (TPSA) is 96.6 Å². The van der Waals surface area contributed by atoms with Gasteiger partial charge in [0.2, 0.25) is 15.9 Å². The van der Waals surface area contributed by atoms with Crippen molar-refractivity contribution in [3.8, 4) is 0 Å². The van der Waals surface area contributed by atoms with Crippen LogP contribution in [0.4, 0.5) is 0 Å². The third-order valence-electron chi connectivity index (χ3n) is 3.78. The standard InChI is InChI=1S/C15H26N4O3S/c1-12(2)14(16)7-9-18(3)15(20)11-19(4)23(21,22)13-6-5-8-17-10-13/h5-6,8,10,12,14H,7,9,11,16H2,1-4H3. The van der Waals surface area contributed by atoms with E-state index in [1.807, 2.05) is 13.8 Å². The van der Waals surface area contributed by atoms with Gasteiger partial charge in [0.1, 0.15) is 4.90 Å². The van der Waals surface area contributed by atoms with Crippen molar-refractivity contribution in [1.29, 1.82) is 0 Å².